The molecule has 0 aliphatic heterocycles. The second-order valence-electron chi connectivity index (χ2n) is 3.25. The van der Waals surface area contributed by atoms with Crippen LogP contribution in [0.1, 0.15) is 10.4 Å². The maximum absolute atomic E-state index is 10.5. The van der Waals surface area contributed by atoms with Crippen molar-refractivity contribution in [3.8, 4) is 0 Å². The summed E-state index contributed by atoms with van der Waals surface area (Å²) in [6.45, 7) is 1.73. The van der Waals surface area contributed by atoms with Crippen LogP contribution in [0.15, 0.2) is 18.5 Å². The van der Waals surface area contributed by atoms with Gasteiger partial charge < -0.3 is 14.6 Å². The molecule has 0 aromatic carbocycles. The third-order valence-electron chi connectivity index (χ3n) is 1.80. The van der Waals surface area contributed by atoms with Crippen LogP contribution < -0.4 is 0 Å². The van der Waals surface area contributed by atoms with E-state index in [1.165, 1.54) is 0 Å². The number of hydrogen-bond acceptors (Lipinski definition) is 2. The maximum atomic E-state index is 10.5. The molecule has 1 rings (SSSR count). The Morgan fingerprint density at radius 2 is 2.31 bits per heavy atom. The topological polar surface area (TPSA) is 45.5 Å². The first-order valence-electron chi connectivity index (χ1n) is 4.13. The van der Waals surface area contributed by atoms with Crippen molar-refractivity contribution in [1.82, 2.24) is 9.47 Å². The summed E-state index contributed by atoms with van der Waals surface area (Å²) in [5, 5.41) is 8.65. The zero-order valence-electron chi connectivity index (χ0n) is 7.90. The predicted octanol–water partition coefficient (Wildman–Crippen LogP) is 0.748. The van der Waals surface area contributed by atoms with E-state index in [4.69, 9.17) is 5.11 Å². The van der Waals surface area contributed by atoms with Crippen molar-refractivity contribution < 1.29 is 9.90 Å². The quantitative estimate of drug-likeness (QED) is 0.747. The molecule has 0 unspecified atom stereocenters. The second-order valence-corrected chi connectivity index (χ2v) is 3.25. The Labute approximate surface area is 77.4 Å². The van der Waals surface area contributed by atoms with Gasteiger partial charge in [0.05, 0.1) is 5.56 Å². The summed E-state index contributed by atoms with van der Waals surface area (Å²) in [7, 11) is 3.98. The molecule has 1 N–H and O–H groups in total. The van der Waals surface area contributed by atoms with E-state index in [-0.39, 0.29) is 0 Å². The van der Waals surface area contributed by atoms with Gasteiger partial charge in [0.15, 0.2) is 0 Å². The SMILES string of the molecule is CN(C)CCn1ccc(C(=O)O)c1. The highest BCUT2D eigenvalue weighted by molar-refractivity contribution is 5.87. The van der Waals surface area contributed by atoms with Gasteiger partial charge in [-0.1, -0.05) is 0 Å². The Morgan fingerprint density at radius 1 is 1.62 bits per heavy atom. The molecule has 0 radical (unpaired) electrons. The molecule has 0 atom stereocenters. The Bertz CT molecular complexity index is 292. The van der Waals surface area contributed by atoms with Gasteiger partial charge in [0.2, 0.25) is 0 Å². The number of carboxylic acids is 1. The zero-order chi connectivity index (χ0) is 9.84. The fourth-order valence-electron chi connectivity index (χ4n) is 1.02. The Kier molecular flexibility index (Phi) is 3.08. The van der Waals surface area contributed by atoms with E-state index in [0.717, 1.165) is 13.1 Å². The molecule has 1 heterocycles. The predicted molar refractivity (Wildman–Crippen MR) is 49.9 cm³/mol. The molecule has 0 amide bonds. The van der Waals surface area contributed by atoms with Crippen LogP contribution in [0.3, 0.4) is 0 Å². The van der Waals surface area contributed by atoms with Gasteiger partial charge in [-0.15, -0.1) is 0 Å². The van der Waals surface area contributed by atoms with E-state index in [1.807, 2.05) is 18.7 Å². The monoisotopic (exact) mass is 182 g/mol. The van der Waals surface area contributed by atoms with Crippen LogP contribution in [0.2, 0.25) is 0 Å². The molecule has 0 fully saturated rings. The number of nitrogens with zero attached hydrogens (tertiary/aromatic N) is 2. The normalized spacial score (nSPS) is 10.7. The number of likely N-dealkylation sites (N-methyl/N-ethyl adjacent to an activating group) is 1. The lowest BCUT2D eigenvalue weighted by atomic mass is 10.4. The van der Waals surface area contributed by atoms with E-state index >= 15 is 0 Å². The highest BCUT2D eigenvalue weighted by atomic mass is 16.4. The molecule has 4 heteroatoms. The summed E-state index contributed by atoms with van der Waals surface area (Å²) < 4.78 is 1.88. The van der Waals surface area contributed by atoms with Gasteiger partial charge in [-0.05, 0) is 20.2 Å². The van der Waals surface area contributed by atoms with E-state index in [1.54, 1.807) is 18.5 Å². The Hall–Kier alpha value is -1.29. The highest BCUT2D eigenvalue weighted by Gasteiger charge is 2.03. The van der Waals surface area contributed by atoms with Gasteiger partial charge in [0.25, 0.3) is 0 Å². The average molecular weight is 182 g/mol. The first kappa shape index (κ1) is 9.80. The van der Waals surface area contributed by atoms with Crippen molar-refractivity contribution in [2.24, 2.45) is 0 Å². The number of carboxylic acid groups (broad SMARTS) is 1. The molecule has 0 saturated heterocycles. The molecule has 1 aromatic rings. The number of aromatic carboxylic acids is 1. The third kappa shape index (κ3) is 2.91. The van der Waals surface area contributed by atoms with Crippen molar-refractivity contribution >= 4 is 5.97 Å². The number of carbonyl (C=O) groups is 1. The van der Waals surface area contributed by atoms with E-state index in [9.17, 15) is 4.79 Å². The highest BCUT2D eigenvalue weighted by Crippen LogP contribution is 2.00. The molecule has 1 aromatic heterocycles. The van der Waals surface area contributed by atoms with Crippen molar-refractivity contribution in [3.05, 3.63) is 24.0 Å². The summed E-state index contributed by atoms with van der Waals surface area (Å²) in [4.78, 5) is 12.6. The standard InChI is InChI=1S/C9H14N2O2/c1-10(2)5-6-11-4-3-8(7-11)9(12)13/h3-4,7H,5-6H2,1-2H3,(H,12,13). The van der Waals surface area contributed by atoms with Crippen LogP contribution >= 0.6 is 0 Å². The minimum Gasteiger partial charge on any atom is -0.478 e. The van der Waals surface area contributed by atoms with Crippen molar-refractivity contribution in [2.45, 2.75) is 6.54 Å². The van der Waals surface area contributed by atoms with Gasteiger partial charge in [0, 0.05) is 25.5 Å². The molecule has 0 bridgehead atoms. The van der Waals surface area contributed by atoms with E-state index in [2.05, 4.69) is 4.90 Å². The van der Waals surface area contributed by atoms with Crippen molar-refractivity contribution in [3.63, 3.8) is 0 Å². The lowest BCUT2D eigenvalue weighted by Crippen LogP contribution is -2.17. The first-order chi connectivity index (χ1) is 6.09. The van der Waals surface area contributed by atoms with Crippen LogP contribution in [0.4, 0.5) is 0 Å². The molecule has 0 aliphatic carbocycles. The van der Waals surface area contributed by atoms with Crippen LogP contribution in [0.5, 0.6) is 0 Å². The molecule has 0 aliphatic rings. The summed E-state index contributed by atoms with van der Waals surface area (Å²) in [5.74, 6) is -0.872. The van der Waals surface area contributed by atoms with Gasteiger partial charge >= 0.3 is 5.97 Å². The lowest BCUT2D eigenvalue weighted by Gasteiger charge is -2.09. The van der Waals surface area contributed by atoms with Crippen molar-refractivity contribution in [1.29, 1.82) is 0 Å². The summed E-state index contributed by atoms with van der Waals surface area (Å²) in [6, 6.07) is 1.61. The summed E-state index contributed by atoms with van der Waals surface area (Å²) >= 11 is 0. The largest absolute Gasteiger partial charge is 0.478 e. The number of aromatic nitrogens is 1. The lowest BCUT2D eigenvalue weighted by molar-refractivity contribution is 0.0697. The van der Waals surface area contributed by atoms with E-state index < -0.39 is 5.97 Å². The van der Waals surface area contributed by atoms with Gasteiger partial charge in [0.1, 0.15) is 0 Å². The fraction of sp³-hybridized carbons (Fsp3) is 0.444. The third-order valence-corrected chi connectivity index (χ3v) is 1.80. The van der Waals surface area contributed by atoms with E-state index in [0.29, 0.717) is 5.56 Å². The first-order valence-corrected chi connectivity index (χ1v) is 4.13. The molecule has 4 nitrogen and oxygen atoms in total. The molecule has 0 spiro atoms. The Balaban J connectivity index is 2.54. The molecule has 0 saturated carbocycles. The van der Waals surface area contributed by atoms with Gasteiger partial charge in [-0.3, -0.25) is 0 Å². The van der Waals surface area contributed by atoms with Crippen LogP contribution in [0.25, 0.3) is 0 Å². The van der Waals surface area contributed by atoms with Crippen LogP contribution in [-0.2, 0) is 6.54 Å². The zero-order valence-corrected chi connectivity index (χ0v) is 7.90. The molecular formula is C9H14N2O2. The second kappa shape index (κ2) is 4.09. The minimum absolute atomic E-state index is 0.346. The Morgan fingerprint density at radius 3 is 2.77 bits per heavy atom. The summed E-state index contributed by atoms with van der Waals surface area (Å²) in [5.41, 5.74) is 0.346. The summed E-state index contributed by atoms with van der Waals surface area (Å²) in [6.07, 6.45) is 3.43. The number of rotatable bonds is 4. The average Bonchev–Trinajstić information content (AvgIpc) is 2.48. The fourth-order valence-corrected chi connectivity index (χ4v) is 1.02. The minimum atomic E-state index is -0.872. The molecule has 72 valence electrons. The van der Waals surface area contributed by atoms with Crippen LogP contribution in [0, 0.1) is 0 Å². The molecular weight excluding hydrogens is 168 g/mol. The number of hydrogen-bond donors (Lipinski definition) is 1. The smallest absolute Gasteiger partial charge is 0.337 e. The van der Waals surface area contributed by atoms with Gasteiger partial charge in [-0.2, -0.15) is 0 Å². The maximum Gasteiger partial charge on any atom is 0.337 e. The van der Waals surface area contributed by atoms with Gasteiger partial charge in [-0.25, -0.2) is 4.79 Å². The molecule has 13 heavy (non-hydrogen) atoms. The van der Waals surface area contributed by atoms with Crippen LogP contribution in [-0.4, -0.2) is 41.2 Å². The van der Waals surface area contributed by atoms with Crippen molar-refractivity contribution in [2.75, 3.05) is 20.6 Å².